The van der Waals surface area contributed by atoms with Crippen LogP contribution in [0.15, 0.2) is 176 Å². The quantitative estimate of drug-likeness (QED) is 0.175. The minimum absolute atomic E-state index is 0.652. The molecule has 0 unspecified atom stereocenters. The molecule has 7 aromatic carbocycles. The van der Waals surface area contributed by atoms with Crippen LogP contribution in [0.4, 0.5) is 5.69 Å². The monoisotopic (exact) mass is 611 g/mol. The molecular weight excluding hydrogens is 583 g/mol. The van der Waals surface area contributed by atoms with Crippen molar-refractivity contribution in [2.45, 2.75) is 0 Å². The summed E-state index contributed by atoms with van der Waals surface area (Å²) >= 11 is 0. The summed E-state index contributed by atoms with van der Waals surface area (Å²) in [7, 11) is 0. The second kappa shape index (κ2) is 12.6. The maximum Gasteiger partial charge on any atom is 0.187 e. The van der Waals surface area contributed by atoms with E-state index in [1.54, 1.807) is 0 Å². The average Bonchev–Trinajstić information content (AvgIpc) is 3.18. The molecule has 0 atom stereocenters. The molecule has 0 aliphatic carbocycles. The molecular formula is C45H29N3. The summed E-state index contributed by atoms with van der Waals surface area (Å²) in [6.45, 7) is 7.21. The SMILES string of the molecule is [C-]#[N+]c1ccc(-c2ccc(-c3ccc(-c4ccc(-c5nc(-c6ccccc6)cc(-c6ccccc6)n5)cc4)c4ccccc34)cc2)cc1. The molecule has 0 saturated heterocycles. The predicted molar refractivity (Wildman–Crippen MR) is 198 cm³/mol. The van der Waals surface area contributed by atoms with E-state index in [4.69, 9.17) is 16.5 Å². The molecule has 3 nitrogen and oxygen atoms in total. The molecule has 8 rings (SSSR count). The number of fused-ring (bicyclic) bond motifs is 1. The zero-order valence-electron chi connectivity index (χ0n) is 26.1. The number of rotatable bonds is 6. The highest BCUT2D eigenvalue weighted by Crippen LogP contribution is 2.37. The Morgan fingerprint density at radius 3 is 1.21 bits per heavy atom. The maximum atomic E-state index is 7.21. The van der Waals surface area contributed by atoms with Gasteiger partial charge in [0.2, 0.25) is 0 Å². The molecule has 8 aromatic rings. The second-order valence-corrected chi connectivity index (χ2v) is 11.7. The third kappa shape index (κ3) is 5.64. The Kier molecular flexibility index (Phi) is 7.59. The van der Waals surface area contributed by atoms with E-state index in [1.807, 2.05) is 60.7 Å². The maximum absolute atomic E-state index is 7.21. The fourth-order valence-corrected chi connectivity index (χ4v) is 6.26. The Morgan fingerprint density at radius 2 is 0.750 bits per heavy atom. The Bertz CT molecular complexity index is 2350. The molecule has 48 heavy (non-hydrogen) atoms. The van der Waals surface area contributed by atoms with Gasteiger partial charge in [0.25, 0.3) is 0 Å². The van der Waals surface area contributed by atoms with Crippen LogP contribution in [0.25, 0.3) is 82.9 Å². The first-order valence-electron chi connectivity index (χ1n) is 15.9. The average molecular weight is 612 g/mol. The Balaban J connectivity index is 1.14. The first kappa shape index (κ1) is 28.8. The van der Waals surface area contributed by atoms with E-state index >= 15 is 0 Å². The Labute approximate surface area is 280 Å². The van der Waals surface area contributed by atoms with E-state index in [1.165, 1.54) is 27.5 Å². The highest BCUT2D eigenvalue weighted by atomic mass is 14.9. The zero-order chi connectivity index (χ0) is 32.3. The van der Waals surface area contributed by atoms with Crippen molar-refractivity contribution in [1.29, 1.82) is 0 Å². The van der Waals surface area contributed by atoms with Gasteiger partial charge in [0.1, 0.15) is 0 Å². The third-order valence-corrected chi connectivity index (χ3v) is 8.77. The van der Waals surface area contributed by atoms with Gasteiger partial charge in [0.15, 0.2) is 11.5 Å². The summed E-state index contributed by atoms with van der Waals surface area (Å²) in [6.07, 6.45) is 0. The highest BCUT2D eigenvalue weighted by Gasteiger charge is 2.13. The van der Waals surface area contributed by atoms with Gasteiger partial charge in [0.05, 0.1) is 18.0 Å². The van der Waals surface area contributed by atoms with Crippen molar-refractivity contribution < 1.29 is 0 Å². The molecule has 0 N–H and O–H groups in total. The third-order valence-electron chi connectivity index (χ3n) is 8.77. The molecule has 3 heteroatoms. The van der Waals surface area contributed by atoms with Crippen LogP contribution in [0.1, 0.15) is 0 Å². The summed E-state index contributed by atoms with van der Waals surface area (Å²) < 4.78 is 0. The highest BCUT2D eigenvalue weighted by molar-refractivity contribution is 6.05. The number of hydrogen-bond acceptors (Lipinski definition) is 2. The van der Waals surface area contributed by atoms with Gasteiger partial charge in [-0.25, -0.2) is 14.8 Å². The number of aromatic nitrogens is 2. The first-order valence-corrected chi connectivity index (χ1v) is 15.9. The first-order chi connectivity index (χ1) is 23.7. The molecule has 0 fully saturated rings. The number of hydrogen-bond donors (Lipinski definition) is 0. The van der Waals surface area contributed by atoms with Gasteiger partial charge in [-0.05, 0) is 50.2 Å². The molecule has 224 valence electrons. The van der Waals surface area contributed by atoms with Crippen LogP contribution in [0.3, 0.4) is 0 Å². The molecule has 0 bridgehead atoms. The molecule has 0 radical (unpaired) electrons. The van der Waals surface area contributed by atoms with Crippen molar-refractivity contribution in [2.75, 3.05) is 0 Å². The molecule has 1 heterocycles. The normalized spacial score (nSPS) is 10.9. The van der Waals surface area contributed by atoms with Gasteiger partial charge < -0.3 is 0 Å². The molecule has 0 spiro atoms. The topological polar surface area (TPSA) is 30.1 Å². The van der Waals surface area contributed by atoms with Gasteiger partial charge >= 0.3 is 0 Å². The van der Waals surface area contributed by atoms with E-state index in [0.29, 0.717) is 11.5 Å². The minimum Gasteiger partial charge on any atom is -0.238 e. The summed E-state index contributed by atoms with van der Waals surface area (Å²) in [5.41, 5.74) is 12.5. The lowest BCUT2D eigenvalue weighted by Crippen LogP contribution is -1.96. The van der Waals surface area contributed by atoms with E-state index < -0.39 is 0 Å². The zero-order valence-corrected chi connectivity index (χ0v) is 26.1. The lowest BCUT2D eigenvalue weighted by Gasteiger charge is -2.13. The minimum atomic E-state index is 0.652. The van der Waals surface area contributed by atoms with Crippen LogP contribution < -0.4 is 0 Å². The van der Waals surface area contributed by atoms with Crippen LogP contribution in [0, 0.1) is 6.57 Å². The summed E-state index contributed by atoms with van der Waals surface area (Å²) in [4.78, 5) is 13.5. The summed E-state index contributed by atoms with van der Waals surface area (Å²) in [5, 5.41) is 2.41. The van der Waals surface area contributed by atoms with Crippen LogP contribution in [-0.4, -0.2) is 9.97 Å². The fourth-order valence-electron chi connectivity index (χ4n) is 6.26. The lowest BCUT2D eigenvalue weighted by molar-refractivity contribution is 1.18. The van der Waals surface area contributed by atoms with E-state index in [-0.39, 0.29) is 0 Å². The van der Waals surface area contributed by atoms with Crippen molar-refractivity contribution in [3.63, 3.8) is 0 Å². The van der Waals surface area contributed by atoms with Gasteiger partial charge in [-0.1, -0.05) is 170 Å². The predicted octanol–water partition coefficient (Wildman–Crippen LogP) is 12.2. The molecule has 0 aliphatic heterocycles. The van der Waals surface area contributed by atoms with Crippen molar-refractivity contribution in [3.8, 4) is 67.3 Å². The molecule has 0 amide bonds. The van der Waals surface area contributed by atoms with Gasteiger partial charge in [-0.3, -0.25) is 0 Å². The smallest absolute Gasteiger partial charge is 0.187 e. The second-order valence-electron chi connectivity index (χ2n) is 11.7. The van der Waals surface area contributed by atoms with E-state index in [9.17, 15) is 0 Å². The van der Waals surface area contributed by atoms with Gasteiger partial charge in [-0.2, -0.15) is 0 Å². The summed E-state index contributed by atoms with van der Waals surface area (Å²) in [6, 6.07) is 60.7. The standard InChI is InChI=1S/C45H29N3/c1-46-38-26-24-32(25-27-38)31-16-18-33(19-17-31)39-28-29-40(42-15-9-8-14-41(39)42)34-20-22-37(23-21-34)45-47-43(35-10-4-2-5-11-35)30-44(48-45)36-12-6-3-7-13-36/h2-30H. The Morgan fingerprint density at radius 1 is 0.354 bits per heavy atom. The van der Waals surface area contributed by atoms with Gasteiger partial charge in [-0.15, -0.1) is 0 Å². The number of nitrogens with zero attached hydrogens (tertiary/aromatic N) is 3. The fraction of sp³-hybridized carbons (Fsp3) is 0. The van der Waals surface area contributed by atoms with Crippen molar-refractivity contribution in [1.82, 2.24) is 9.97 Å². The molecule has 1 aromatic heterocycles. The lowest BCUT2D eigenvalue weighted by atomic mass is 9.91. The van der Waals surface area contributed by atoms with Crippen molar-refractivity contribution in [2.24, 2.45) is 0 Å². The largest absolute Gasteiger partial charge is 0.238 e. The molecule has 0 saturated carbocycles. The number of benzene rings is 7. The van der Waals surface area contributed by atoms with E-state index in [2.05, 4.69) is 120 Å². The van der Waals surface area contributed by atoms with Crippen LogP contribution >= 0.6 is 0 Å². The van der Waals surface area contributed by atoms with Crippen LogP contribution in [0.2, 0.25) is 0 Å². The van der Waals surface area contributed by atoms with E-state index in [0.717, 1.165) is 44.8 Å². The van der Waals surface area contributed by atoms with Crippen LogP contribution in [-0.2, 0) is 0 Å². The van der Waals surface area contributed by atoms with Gasteiger partial charge in [0, 0.05) is 16.7 Å². The molecule has 0 aliphatic rings. The van der Waals surface area contributed by atoms with Crippen LogP contribution in [0.5, 0.6) is 0 Å². The van der Waals surface area contributed by atoms with Crippen molar-refractivity contribution >= 4 is 16.5 Å². The Hall–Kier alpha value is -6.63. The summed E-state index contributed by atoms with van der Waals surface area (Å²) in [5.74, 6) is 0.702. The van der Waals surface area contributed by atoms with Crippen molar-refractivity contribution in [3.05, 3.63) is 187 Å².